The van der Waals surface area contributed by atoms with E-state index in [2.05, 4.69) is 10.6 Å². The number of aryl methyl sites for hydroxylation is 2. The number of hydrogen-bond donors (Lipinski definition) is 1. The van der Waals surface area contributed by atoms with E-state index in [0.717, 1.165) is 27.6 Å². The zero-order valence-corrected chi connectivity index (χ0v) is 17.7. The fraction of sp³-hybridized carbons (Fsp3) is 0.160. The number of rotatable bonds is 5. The third-order valence-corrected chi connectivity index (χ3v) is 5.70. The summed E-state index contributed by atoms with van der Waals surface area (Å²) in [5.41, 5.74) is 6.16. The predicted octanol–water partition coefficient (Wildman–Crippen LogP) is 4.32. The van der Waals surface area contributed by atoms with Gasteiger partial charge in [0, 0.05) is 5.56 Å². The van der Waals surface area contributed by atoms with Crippen molar-refractivity contribution in [2.24, 2.45) is 0 Å². The average molecular weight is 427 g/mol. The quantitative estimate of drug-likeness (QED) is 0.513. The van der Waals surface area contributed by atoms with Crippen LogP contribution in [0.5, 0.6) is 5.75 Å². The summed E-state index contributed by atoms with van der Waals surface area (Å²) in [6.45, 7) is 4.21. The number of aromatic nitrogens is 1. The summed E-state index contributed by atoms with van der Waals surface area (Å²) in [6, 6.07) is 18.7. The number of benzene rings is 3. The molecule has 2 amide bonds. The Labute approximate surface area is 184 Å². The molecule has 0 aliphatic carbocycles. The lowest BCUT2D eigenvalue weighted by Gasteiger charge is -2.19. The lowest BCUT2D eigenvalue weighted by atomic mass is 10.1. The van der Waals surface area contributed by atoms with Crippen LogP contribution < -0.4 is 10.2 Å². The highest BCUT2D eigenvalue weighted by molar-refractivity contribution is 6.04. The van der Waals surface area contributed by atoms with Gasteiger partial charge in [-0.2, -0.15) is 0 Å². The van der Waals surface area contributed by atoms with Crippen LogP contribution in [0.25, 0.3) is 10.8 Å². The summed E-state index contributed by atoms with van der Waals surface area (Å²) in [7, 11) is 0. The van der Waals surface area contributed by atoms with Crippen LogP contribution in [-0.4, -0.2) is 22.0 Å². The van der Waals surface area contributed by atoms with Crippen LogP contribution in [0.3, 0.4) is 0 Å². The second kappa shape index (κ2) is 7.85. The molecule has 1 aromatic heterocycles. The molecule has 0 atom stereocenters. The fourth-order valence-corrected chi connectivity index (χ4v) is 3.90. The summed E-state index contributed by atoms with van der Waals surface area (Å²) in [5.74, 6) is 0.457. The summed E-state index contributed by atoms with van der Waals surface area (Å²) < 4.78 is 11.3. The van der Waals surface area contributed by atoms with Gasteiger partial charge in [-0.1, -0.05) is 47.6 Å². The van der Waals surface area contributed by atoms with Gasteiger partial charge in [0.15, 0.2) is 0 Å². The van der Waals surface area contributed by atoms with Crippen LogP contribution in [-0.2, 0) is 13.2 Å². The molecule has 1 N–H and O–H groups in total. The Balaban J connectivity index is 1.45. The van der Waals surface area contributed by atoms with Crippen molar-refractivity contribution in [1.29, 1.82) is 0 Å². The Bertz CT molecular complexity index is 1340. The molecule has 0 spiro atoms. The maximum Gasteiger partial charge on any atom is 0.273 e. The summed E-state index contributed by atoms with van der Waals surface area (Å²) in [6.07, 6.45) is 0. The van der Waals surface area contributed by atoms with Gasteiger partial charge in [-0.15, -0.1) is 0 Å². The molecule has 160 valence electrons. The zero-order valence-electron chi connectivity index (χ0n) is 17.7. The van der Waals surface area contributed by atoms with Gasteiger partial charge in [-0.25, -0.2) is 5.01 Å². The first-order valence-corrected chi connectivity index (χ1v) is 10.3. The normalized spacial score (nSPS) is 12.8. The fourth-order valence-electron chi connectivity index (χ4n) is 3.90. The van der Waals surface area contributed by atoms with Gasteiger partial charge in [0.2, 0.25) is 0 Å². The Kier molecular flexibility index (Phi) is 4.86. The molecule has 4 aromatic rings. The number of nitrogens with zero attached hydrogens (tertiary/aromatic N) is 2. The highest BCUT2D eigenvalue weighted by atomic mass is 16.5. The number of fused-ring (bicyclic) bond motifs is 2. The number of ether oxygens (including phenoxy) is 1. The Morgan fingerprint density at radius 2 is 1.81 bits per heavy atom. The highest BCUT2D eigenvalue weighted by Gasteiger charge is 2.29. The Morgan fingerprint density at radius 1 is 1.09 bits per heavy atom. The van der Waals surface area contributed by atoms with Gasteiger partial charge in [0.25, 0.3) is 11.8 Å². The van der Waals surface area contributed by atoms with Crippen molar-refractivity contribution >= 4 is 22.6 Å². The summed E-state index contributed by atoms with van der Waals surface area (Å²) >= 11 is 0. The van der Waals surface area contributed by atoms with Gasteiger partial charge in [-0.05, 0) is 48.4 Å². The van der Waals surface area contributed by atoms with Crippen LogP contribution in [0.4, 0.5) is 0 Å². The lowest BCUT2D eigenvalue weighted by molar-refractivity contribution is 0.0601. The van der Waals surface area contributed by atoms with Gasteiger partial charge in [0.05, 0.1) is 23.4 Å². The van der Waals surface area contributed by atoms with Crippen molar-refractivity contribution in [3.8, 4) is 5.75 Å². The van der Waals surface area contributed by atoms with Crippen LogP contribution in [0.2, 0.25) is 0 Å². The van der Waals surface area contributed by atoms with E-state index in [4.69, 9.17) is 9.26 Å². The molecule has 0 saturated carbocycles. The number of nitrogens with one attached hydrogen (secondary N) is 1. The number of carbonyl (C=O) groups is 2. The van der Waals surface area contributed by atoms with E-state index in [1.807, 2.05) is 62.4 Å². The van der Waals surface area contributed by atoms with Crippen molar-refractivity contribution in [2.45, 2.75) is 27.0 Å². The minimum atomic E-state index is -0.411. The van der Waals surface area contributed by atoms with E-state index in [1.165, 1.54) is 5.01 Å². The zero-order chi connectivity index (χ0) is 22.2. The molecular weight excluding hydrogens is 406 g/mol. The number of hydrazine groups is 1. The Hall–Kier alpha value is -4.13. The summed E-state index contributed by atoms with van der Waals surface area (Å²) in [4.78, 5) is 25.9. The average Bonchev–Trinajstić information content (AvgIpc) is 3.29. The number of carbonyl (C=O) groups excluding carboxylic acids is 2. The molecule has 0 saturated heterocycles. The van der Waals surface area contributed by atoms with Crippen molar-refractivity contribution < 1.29 is 18.8 Å². The molecule has 32 heavy (non-hydrogen) atoms. The van der Waals surface area contributed by atoms with Crippen molar-refractivity contribution in [2.75, 3.05) is 0 Å². The van der Waals surface area contributed by atoms with Gasteiger partial charge < -0.3 is 9.26 Å². The van der Waals surface area contributed by atoms with Crippen LogP contribution in [0.15, 0.2) is 65.2 Å². The molecule has 0 unspecified atom stereocenters. The predicted molar refractivity (Wildman–Crippen MR) is 118 cm³/mol. The SMILES string of the molecule is Cc1noc(C)c1COc1cc2ccccc2cc1C(=O)NN1Cc2ccccc2C1=O. The molecule has 2 heterocycles. The maximum atomic E-state index is 13.2. The minimum absolute atomic E-state index is 0.216. The minimum Gasteiger partial charge on any atom is -0.488 e. The molecule has 0 radical (unpaired) electrons. The van der Waals surface area contributed by atoms with Gasteiger partial charge >= 0.3 is 0 Å². The molecule has 7 nitrogen and oxygen atoms in total. The van der Waals surface area contributed by atoms with Gasteiger partial charge in [-0.3, -0.25) is 15.0 Å². The van der Waals surface area contributed by atoms with Crippen LogP contribution in [0.1, 0.15) is 43.3 Å². The smallest absolute Gasteiger partial charge is 0.273 e. The second-order valence-electron chi connectivity index (χ2n) is 7.78. The number of amides is 2. The first-order valence-electron chi connectivity index (χ1n) is 10.3. The van der Waals surface area contributed by atoms with E-state index < -0.39 is 5.91 Å². The topological polar surface area (TPSA) is 84.7 Å². The molecular formula is C25H21N3O4. The standard InChI is InChI=1S/C25H21N3O4/c1-15-22(16(2)32-27-15)14-31-23-12-18-8-4-3-7-17(18)11-21(23)24(29)26-28-13-19-9-5-6-10-20(19)25(28)30/h3-12H,13-14H2,1-2H3,(H,26,29). The monoisotopic (exact) mass is 427 g/mol. The van der Waals surface area contributed by atoms with Crippen LogP contribution in [0, 0.1) is 13.8 Å². The van der Waals surface area contributed by atoms with Crippen molar-refractivity contribution in [3.05, 3.63) is 94.4 Å². The summed E-state index contributed by atoms with van der Waals surface area (Å²) in [5, 5.41) is 7.14. The number of hydrogen-bond acceptors (Lipinski definition) is 5. The largest absolute Gasteiger partial charge is 0.488 e. The third kappa shape index (κ3) is 3.47. The highest BCUT2D eigenvalue weighted by Crippen LogP contribution is 2.28. The Morgan fingerprint density at radius 3 is 2.53 bits per heavy atom. The van der Waals surface area contributed by atoms with Crippen molar-refractivity contribution in [3.63, 3.8) is 0 Å². The molecule has 0 fully saturated rings. The first kappa shape index (κ1) is 19.8. The molecule has 7 heteroatoms. The molecule has 5 rings (SSSR count). The molecule has 3 aromatic carbocycles. The van der Waals surface area contributed by atoms with E-state index in [0.29, 0.717) is 29.2 Å². The van der Waals surface area contributed by atoms with E-state index in [-0.39, 0.29) is 12.5 Å². The maximum absolute atomic E-state index is 13.2. The van der Waals surface area contributed by atoms with E-state index in [9.17, 15) is 9.59 Å². The van der Waals surface area contributed by atoms with Gasteiger partial charge in [0.1, 0.15) is 18.1 Å². The van der Waals surface area contributed by atoms with E-state index in [1.54, 1.807) is 12.1 Å². The third-order valence-electron chi connectivity index (χ3n) is 5.70. The van der Waals surface area contributed by atoms with Crippen molar-refractivity contribution in [1.82, 2.24) is 15.6 Å². The van der Waals surface area contributed by atoms with Crippen LogP contribution >= 0.6 is 0 Å². The second-order valence-corrected chi connectivity index (χ2v) is 7.78. The molecule has 1 aliphatic heterocycles. The first-order chi connectivity index (χ1) is 15.5. The molecule has 0 bridgehead atoms. The molecule has 1 aliphatic rings. The van der Waals surface area contributed by atoms with E-state index >= 15 is 0 Å². The lowest BCUT2D eigenvalue weighted by Crippen LogP contribution is -2.42.